The van der Waals surface area contributed by atoms with Gasteiger partial charge in [-0.15, -0.1) is 4.40 Å². The Labute approximate surface area is 169 Å². The normalized spacial score (nSPS) is 14.1. The topological polar surface area (TPSA) is 110 Å². The predicted molar refractivity (Wildman–Crippen MR) is 106 cm³/mol. The van der Waals surface area contributed by atoms with E-state index in [4.69, 9.17) is 9.47 Å². The van der Waals surface area contributed by atoms with Crippen molar-refractivity contribution in [2.45, 2.75) is 11.4 Å². The first-order valence-corrected chi connectivity index (χ1v) is 10.3. The fourth-order valence-electron chi connectivity index (χ4n) is 2.74. The van der Waals surface area contributed by atoms with Crippen LogP contribution in [0.5, 0.6) is 5.88 Å². The second-order valence-electron chi connectivity index (χ2n) is 6.36. The Morgan fingerprint density at radius 1 is 1.17 bits per heavy atom. The zero-order chi connectivity index (χ0) is 20.9. The second-order valence-corrected chi connectivity index (χ2v) is 7.94. The van der Waals surface area contributed by atoms with Crippen LogP contribution in [0, 0.1) is 0 Å². The highest BCUT2D eigenvalue weighted by molar-refractivity contribution is 7.90. The molecule has 29 heavy (non-hydrogen) atoms. The molecule has 0 unspecified atom stereocenters. The number of pyridine rings is 1. The molecule has 0 saturated heterocycles. The minimum Gasteiger partial charge on any atom is -0.475 e. The van der Waals surface area contributed by atoms with Crippen LogP contribution in [-0.4, -0.2) is 64.0 Å². The molecule has 0 spiro atoms. The number of aromatic nitrogens is 1. The summed E-state index contributed by atoms with van der Waals surface area (Å²) in [6.07, 6.45) is 1.62. The molecule has 2 heterocycles. The summed E-state index contributed by atoms with van der Waals surface area (Å²) in [6.45, 7) is 1.15. The van der Waals surface area contributed by atoms with Gasteiger partial charge in [0.2, 0.25) is 11.8 Å². The summed E-state index contributed by atoms with van der Waals surface area (Å²) in [6, 6.07) is 10.1. The van der Waals surface area contributed by atoms with Gasteiger partial charge in [-0.3, -0.25) is 4.79 Å². The first kappa shape index (κ1) is 20.7. The number of amides is 1. The van der Waals surface area contributed by atoms with E-state index in [9.17, 15) is 13.2 Å². The SMILES string of the molecule is COCCOc1ccc(CNC(=O)CN(C)C2=NS(=O)(=O)c3ccccc32)cn1. The van der Waals surface area contributed by atoms with Crippen molar-refractivity contribution in [3.63, 3.8) is 0 Å². The standard InChI is InChI=1S/C19H22N4O5S/c1-23(19-15-5-3-4-6-16(15)29(25,26)22-19)13-17(24)20-11-14-7-8-18(21-12-14)28-10-9-27-2/h3-8,12H,9-11,13H2,1-2H3,(H,20,24). The lowest BCUT2D eigenvalue weighted by molar-refractivity contribution is -0.121. The van der Waals surface area contributed by atoms with Crippen molar-refractivity contribution in [3.05, 3.63) is 53.7 Å². The Balaban J connectivity index is 1.54. The molecule has 1 aromatic carbocycles. The molecule has 10 heteroatoms. The minimum atomic E-state index is -3.72. The molecule has 9 nitrogen and oxygen atoms in total. The molecular weight excluding hydrogens is 396 g/mol. The number of amidine groups is 1. The number of carbonyl (C=O) groups is 1. The van der Waals surface area contributed by atoms with Crippen LogP contribution in [0.25, 0.3) is 0 Å². The largest absolute Gasteiger partial charge is 0.475 e. The van der Waals surface area contributed by atoms with Gasteiger partial charge in [-0.2, -0.15) is 8.42 Å². The van der Waals surface area contributed by atoms with Gasteiger partial charge in [-0.25, -0.2) is 4.98 Å². The van der Waals surface area contributed by atoms with Gasteiger partial charge in [0.1, 0.15) is 11.5 Å². The Morgan fingerprint density at radius 3 is 2.69 bits per heavy atom. The molecule has 0 atom stereocenters. The van der Waals surface area contributed by atoms with Gasteiger partial charge in [0.25, 0.3) is 10.0 Å². The lowest BCUT2D eigenvalue weighted by Crippen LogP contribution is -2.38. The smallest absolute Gasteiger partial charge is 0.285 e. The maximum absolute atomic E-state index is 12.3. The van der Waals surface area contributed by atoms with Crippen molar-refractivity contribution in [1.82, 2.24) is 15.2 Å². The van der Waals surface area contributed by atoms with E-state index < -0.39 is 10.0 Å². The monoisotopic (exact) mass is 418 g/mol. The van der Waals surface area contributed by atoms with Gasteiger partial charge >= 0.3 is 0 Å². The zero-order valence-corrected chi connectivity index (χ0v) is 17.0. The number of methoxy groups -OCH3 is 1. The number of sulfonamides is 1. The number of ether oxygens (including phenoxy) is 2. The highest BCUT2D eigenvalue weighted by atomic mass is 32.2. The maximum Gasteiger partial charge on any atom is 0.285 e. The number of nitrogens with one attached hydrogen (secondary N) is 1. The molecule has 0 aliphatic carbocycles. The third-order valence-electron chi connectivity index (χ3n) is 4.18. The minimum absolute atomic E-state index is 0.0334. The van der Waals surface area contributed by atoms with Crippen LogP contribution in [0.1, 0.15) is 11.1 Å². The molecule has 1 aromatic heterocycles. The van der Waals surface area contributed by atoms with Crippen LogP contribution in [-0.2, 0) is 26.1 Å². The summed E-state index contributed by atoms with van der Waals surface area (Å²) in [4.78, 5) is 18.1. The first-order valence-electron chi connectivity index (χ1n) is 8.89. The molecule has 1 aliphatic rings. The second kappa shape index (κ2) is 9.01. The molecular formula is C19H22N4O5S. The third-order valence-corrected chi connectivity index (χ3v) is 5.50. The Hall–Kier alpha value is -2.98. The molecule has 2 aromatic rings. The van der Waals surface area contributed by atoms with E-state index in [1.54, 1.807) is 44.6 Å². The first-order chi connectivity index (χ1) is 13.9. The van der Waals surface area contributed by atoms with E-state index in [-0.39, 0.29) is 23.2 Å². The van der Waals surface area contributed by atoms with Gasteiger partial charge in [-0.1, -0.05) is 18.2 Å². The quantitative estimate of drug-likeness (QED) is 0.632. The van der Waals surface area contributed by atoms with Gasteiger partial charge in [0.15, 0.2) is 5.84 Å². The maximum atomic E-state index is 12.3. The highest BCUT2D eigenvalue weighted by Gasteiger charge is 2.30. The number of likely N-dealkylation sites (N-methyl/N-ethyl adjacent to an activating group) is 1. The number of fused-ring (bicyclic) bond motifs is 1. The number of rotatable bonds is 8. The average molecular weight is 418 g/mol. The van der Waals surface area contributed by atoms with Gasteiger partial charge in [0, 0.05) is 38.5 Å². The van der Waals surface area contributed by atoms with Crippen LogP contribution in [0.15, 0.2) is 51.9 Å². The van der Waals surface area contributed by atoms with Crippen molar-refractivity contribution >= 4 is 21.8 Å². The van der Waals surface area contributed by atoms with Crippen molar-refractivity contribution < 1.29 is 22.7 Å². The summed E-state index contributed by atoms with van der Waals surface area (Å²) in [5, 5.41) is 2.78. The molecule has 1 N–H and O–H groups in total. The molecule has 1 aliphatic heterocycles. The lowest BCUT2D eigenvalue weighted by Gasteiger charge is -2.18. The summed E-state index contributed by atoms with van der Waals surface area (Å²) >= 11 is 0. The van der Waals surface area contributed by atoms with Crippen molar-refractivity contribution in [3.8, 4) is 5.88 Å². The molecule has 1 amide bonds. The van der Waals surface area contributed by atoms with Gasteiger partial charge in [0.05, 0.1) is 13.2 Å². The number of hydrogen-bond donors (Lipinski definition) is 1. The summed E-state index contributed by atoms with van der Waals surface area (Å²) in [7, 11) is -0.494. The van der Waals surface area contributed by atoms with Crippen molar-refractivity contribution in [1.29, 1.82) is 0 Å². The van der Waals surface area contributed by atoms with E-state index >= 15 is 0 Å². The van der Waals surface area contributed by atoms with Crippen LogP contribution in [0.2, 0.25) is 0 Å². The van der Waals surface area contributed by atoms with E-state index in [1.165, 1.54) is 11.0 Å². The number of nitrogens with zero attached hydrogens (tertiary/aromatic N) is 3. The molecule has 0 saturated carbocycles. The van der Waals surface area contributed by atoms with Crippen LogP contribution < -0.4 is 10.1 Å². The predicted octanol–water partition coefficient (Wildman–Crippen LogP) is 0.804. The van der Waals surface area contributed by atoms with Gasteiger partial charge in [-0.05, 0) is 17.7 Å². The van der Waals surface area contributed by atoms with Crippen LogP contribution >= 0.6 is 0 Å². The Bertz CT molecular complexity index is 1010. The number of benzene rings is 1. The van der Waals surface area contributed by atoms with E-state index in [1.807, 2.05) is 6.07 Å². The molecule has 0 bridgehead atoms. The summed E-state index contributed by atoms with van der Waals surface area (Å²) < 4.78 is 38.4. The van der Waals surface area contributed by atoms with Crippen LogP contribution in [0.3, 0.4) is 0 Å². The van der Waals surface area contributed by atoms with E-state index in [0.29, 0.717) is 31.2 Å². The van der Waals surface area contributed by atoms with Crippen molar-refractivity contribution in [2.75, 3.05) is 33.9 Å². The molecule has 154 valence electrons. The van der Waals surface area contributed by atoms with Gasteiger partial charge < -0.3 is 19.7 Å². The third kappa shape index (κ3) is 5.09. The molecule has 0 fully saturated rings. The summed E-state index contributed by atoms with van der Waals surface area (Å²) in [5.41, 5.74) is 1.31. The Kier molecular flexibility index (Phi) is 6.45. The fraction of sp³-hybridized carbons (Fsp3) is 0.316. The number of hydrogen-bond acceptors (Lipinski definition) is 7. The highest BCUT2D eigenvalue weighted by Crippen LogP contribution is 2.26. The Morgan fingerprint density at radius 2 is 1.97 bits per heavy atom. The zero-order valence-electron chi connectivity index (χ0n) is 16.2. The summed E-state index contributed by atoms with van der Waals surface area (Å²) in [5.74, 6) is 0.475. The van der Waals surface area contributed by atoms with E-state index in [2.05, 4.69) is 14.7 Å². The lowest BCUT2D eigenvalue weighted by atomic mass is 10.2. The van der Waals surface area contributed by atoms with E-state index in [0.717, 1.165) is 5.56 Å². The molecule has 0 radical (unpaired) electrons. The van der Waals surface area contributed by atoms with Crippen LogP contribution in [0.4, 0.5) is 0 Å². The number of carbonyl (C=O) groups excluding carboxylic acids is 1. The molecule has 3 rings (SSSR count). The fourth-order valence-corrected chi connectivity index (χ4v) is 3.99. The van der Waals surface area contributed by atoms with Crippen molar-refractivity contribution in [2.24, 2.45) is 4.40 Å². The average Bonchev–Trinajstić information content (AvgIpc) is 2.99.